The molecule has 1 heterocycles. The normalized spacial score (nSPS) is 21.9. The Kier molecular flexibility index (Phi) is 6.27. The van der Waals surface area contributed by atoms with E-state index in [-0.39, 0.29) is 18.3 Å². The number of ether oxygens (including phenoxy) is 2. The van der Waals surface area contributed by atoms with Crippen LogP contribution in [0.25, 0.3) is 0 Å². The lowest BCUT2D eigenvalue weighted by molar-refractivity contribution is -0.152. The number of amides is 1. The lowest BCUT2D eigenvalue weighted by Gasteiger charge is -2.11. The second kappa shape index (κ2) is 7.73. The second-order valence-corrected chi connectivity index (χ2v) is 4.23. The molecule has 0 aromatic heterocycles. The number of nitrogens with one attached hydrogen (secondary N) is 1. The number of carboxylic acids is 1. The molecule has 2 N–H and O–H groups in total. The highest BCUT2D eigenvalue weighted by Crippen LogP contribution is 2.19. The summed E-state index contributed by atoms with van der Waals surface area (Å²) in [6.07, 6.45) is -0.118. The number of aliphatic carboxylic acids is 1. The summed E-state index contributed by atoms with van der Waals surface area (Å²) in [5.41, 5.74) is 0. The molecule has 0 radical (unpaired) electrons. The molecule has 2 atom stereocenters. The fourth-order valence-corrected chi connectivity index (χ4v) is 1.80. The van der Waals surface area contributed by atoms with E-state index in [1.807, 2.05) is 0 Å². The van der Waals surface area contributed by atoms with Gasteiger partial charge >= 0.3 is 11.9 Å². The minimum Gasteiger partial charge on any atom is -0.479 e. The van der Waals surface area contributed by atoms with Crippen LogP contribution in [0.5, 0.6) is 0 Å². The van der Waals surface area contributed by atoms with Crippen LogP contribution in [0.2, 0.25) is 0 Å². The first-order chi connectivity index (χ1) is 9.04. The van der Waals surface area contributed by atoms with Crippen LogP contribution in [0.3, 0.4) is 0 Å². The highest BCUT2D eigenvalue weighted by atomic mass is 16.5. The van der Waals surface area contributed by atoms with Crippen LogP contribution in [0.4, 0.5) is 0 Å². The first-order valence-corrected chi connectivity index (χ1v) is 6.36. The fraction of sp³-hybridized carbons (Fsp3) is 0.750. The molecule has 0 bridgehead atoms. The zero-order valence-electron chi connectivity index (χ0n) is 10.9. The van der Waals surface area contributed by atoms with Crippen LogP contribution in [0.15, 0.2) is 0 Å². The van der Waals surface area contributed by atoms with Gasteiger partial charge in [0, 0.05) is 13.0 Å². The van der Waals surface area contributed by atoms with E-state index in [0.717, 1.165) is 0 Å². The van der Waals surface area contributed by atoms with E-state index in [0.29, 0.717) is 32.4 Å². The van der Waals surface area contributed by atoms with Gasteiger partial charge in [0.2, 0.25) is 5.91 Å². The number of carbonyl (C=O) groups is 3. The van der Waals surface area contributed by atoms with Gasteiger partial charge in [0.15, 0.2) is 6.10 Å². The van der Waals surface area contributed by atoms with Crippen molar-refractivity contribution in [1.29, 1.82) is 0 Å². The van der Waals surface area contributed by atoms with Crippen molar-refractivity contribution in [3.8, 4) is 0 Å². The number of rotatable bonds is 7. The van der Waals surface area contributed by atoms with Crippen molar-refractivity contribution in [2.45, 2.75) is 44.8 Å². The third-order valence-corrected chi connectivity index (χ3v) is 2.75. The summed E-state index contributed by atoms with van der Waals surface area (Å²) in [5.74, 6) is -1.66. The molecule has 1 fully saturated rings. The number of hydrogen-bond acceptors (Lipinski definition) is 5. The monoisotopic (exact) mass is 273 g/mol. The Labute approximate surface area is 111 Å². The number of esters is 1. The summed E-state index contributed by atoms with van der Waals surface area (Å²) in [6.45, 7) is 2.42. The van der Waals surface area contributed by atoms with E-state index in [1.54, 1.807) is 6.92 Å². The molecule has 0 aromatic rings. The number of carbonyl (C=O) groups excluding carboxylic acids is 2. The van der Waals surface area contributed by atoms with Gasteiger partial charge in [0.1, 0.15) is 6.10 Å². The molecule has 1 saturated heterocycles. The summed E-state index contributed by atoms with van der Waals surface area (Å²) < 4.78 is 9.85. The molecule has 19 heavy (non-hydrogen) atoms. The maximum Gasteiger partial charge on any atom is 0.332 e. The first kappa shape index (κ1) is 15.4. The third kappa shape index (κ3) is 5.25. The van der Waals surface area contributed by atoms with Gasteiger partial charge in [0.05, 0.1) is 6.61 Å². The first-order valence-electron chi connectivity index (χ1n) is 6.36. The van der Waals surface area contributed by atoms with E-state index in [9.17, 15) is 14.4 Å². The number of carboxylic acid groups (broad SMARTS) is 1. The topological polar surface area (TPSA) is 102 Å². The van der Waals surface area contributed by atoms with Gasteiger partial charge in [-0.2, -0.15) is 0 Å². The molecule has 1 aliphatic heterocycles. The molecule has 0 saturated carbocycles. The molecule has 108 valence electrons. The highest BCUT2D eigenvalue weighted by Gasteiger charge is 2.34. The molecule has 0 spiro atoms. The SMILES string of the molecule is CCOC(=O)CCCNC(=O)C1CCC(C(=O)O)O1. The van der Waals surface area contributed by atoms with Gasteiger partial charge in [-0.1, -0.05) is 0 Å². The molecular weight excluding hydrogens is 254 g/mol. The van der Waals surface area contributed by atoms with E-state index < -0.39 is 18.2 Å². The predicted octanol–water partition coefficient (Wildman–Crippen LogP) is 0.0781. The Morgan fingerprint density at radius 3 is 2.58 bits per heavy atom. The van der Waals surface area contributed by atoms with Gasteiger partial charge in [-0.3, -0.25) is 9.59 Å². The maximum absolute atomic E-state index is 11.6. The quantitative estimate of drug-likeness (QED) is 0.503. The fourth-order valence-electron chi connectivity index (χ4n) is 1.80. The van der Waals surface area contributed by atoms with Crippen LogP contribution in [-0.2, 0) is 23.9 Å². The molecule has 7 heteroatoms. The third-order valence-electron chi connectivity index (χ3n) is 2.75. The Balaban J connectivity index is 2.15. The van der Waals surface area contributed by atoms with Crippen LogP contribution in [-0.4, -0.2) is 48.3 Å². The van der Waals surface area contributed by atoms with Crippen molar-refractivity contribution in [2.75, 3.05) is 13.2 Å². The van der Waals surface area contributed by atoms with E-state index in [2.05, 4.69) is 5.32 Å². The van der Waals surface area contributed by atoms with E-state index >= 15 is 0 Å². The van der Waals surface area contributed by atoms with Crippen LogP contribution >= 0.6 is 0 Å². The second-order valence-electron chi connectivity index (χ2n) is 4.23. The molecular formula is C12H19NO6. The summed E-state index contributed by atoms with van der Waals surface area (Å²) in [7, 11) is 0. The Bertz CT molecular complexity index is 343. The van der Waals surface area contributed by atoms with Gasteiger partial charge in [0.25, 0.3) is 0 Å². The molecule has 1 rings (SSSR count). The molecule has 0 aromatic carbocycles. The van der Waals surface area contributed by atoms with Crippen LogP contribution < -0.4 is 5.32 Å². The highest BCUT2D eigenvalue weighted by molar-refractivity contribution is 5.82. The molecule has 0 aliphatic carbocycles. The van der Waals surface area contributed by atoms with Crippen LogP contribution in [0.1, 0.15) is 32.6 Å². The largest absolute Gasteiger partial charge is 0.479 e. The zero-order chi connectivity index (χ0) is 14.3. The van der Waals surface area contributed by atoms with Crippen molar-refractivity contribution in [3.63, 3.8) is 0 Å². The Morgan fingerprint density at radius 1 is 1.32 bits per heavy atom. The standard InChI is InChI=1S/C12H19NO6/c1-2-18-10(14)4-3-7-13-11(15)8-5-6-9(19-8)12(16)17/h8-9H,2-7H2,1H3,(H,13,15)(H,16,17). The summed E-state index contributed by atoms with van der Waals surface area (Å²) >= 11 is 0. The summed E-state index contributed by atoms with van der Waals surface area (Å²) in [4.78, 5) is 33.3. The average Bonchev–Trinajstić information content (AvgIpc) is 2.84. The van der Waals surface area contributed by atoms with Crippen molar-refractivity contribution in [1.82, 2.24) is 5.32 Å². The maximum atomic E-state index is 11.6. The van der Waals surface area contributed by atoms with Gasteiger partial charge in [-0.25, -0.2) is 4.79 Å². The summed E-state index contributed by atoms with van der Waals surface area (Å²) in [6, 6.07) is 0. The van der Waals surface area contributed by atoms with Crippen molar-refractivity contribution in [2.24, 2.45) is 0 Å². The number of hydrogen-bond donors (Lipinski definition) is 2. The molecule has 1 amide bonds. The van der Waals surface area contributed by atoms with Gasteiger partial charge < -0.3 is 19.9 Å². The predicted molar refractivity (Wildman–Crippen MR) is 64.4 cm³/mol. The Hall–Kier alpha value is -1.63. The van der Waals surface area contributed by atoms with Gasteiger partial charge in [-0.15, -0.1) is 0 Å². The van der Waals surface area contributed by atoms with Crippen molar-refractivity contribution in [3.05, 3.63) is 0 Å². The minimum atomic E-state index is -1.04. The van der Waals surface area contributed by atoms with Gasteiger partial charge in [-0.05, 0) is 26.2 Å². The average molecular weight is 273 g/mol. The lowest BCUT2D eigenvalue weighted by atomic mass is 10.2. The molecule has 2 unspecified atom stereocenters. The molecule has 7 nitrogen and oxygen atoms in total. The minimum absolute atomic E-state index is 0.247. The smallest absolute Gasteiger partial charge is 0.332 e. The van der Waals surface area contributed by atoms with Crippen molar-refractivity contribution >= 4 is 17.8 Å². The van der Waals surface area contributed by atoms with Crippen molar-refractivity contribution < 1.29 is 29.0 Å². The lowest BCUT2D eigenvalue weighted by Crippen LogP contribution is -2.36. The van der Waals surface area contributed by atoms with E-state index in [4.69, 9.17) is 14.6 Å². The zero-order valence-corrected chi connectivity index (χ0v) is 10.9. The Morgan fingerprint density at radius 2 is 2.00 bits per heavy atom. The van der Waals surface area contributed by atoms with E-state index in [1.165, 1.54) is 0 Å². The summed E-state index contributed by atoms with van der Waals surface area (Å²) in [5, 5.41) is 11.3. The molecule has 1 aliphatic rings. The van der Waals surface area contributed by atoms with Crippen LogP contribution in [0, 0.1) is 0 Å².